The minimum atomic E-state index is -0.526. The number of hydrogen-bond acceptors (Lipinski definition) is 3. The Balaban J connectivity index is 0.00000208. The second-order valence-corrected chi connectivity index (χ2v) is 6.61. The molecule has 1 aliphatic carbocycles. The van der Waals surface area contributed by atoms with Gasteiger partial charge in [0.25, 0.3) is 0 Å². The van der Waals surface area contributed by atoms with E-state index < -0.39 is 11.6 Å². The molecule has 1 atom stereocenters. The minimum Gasteiger partial charge on any atom is -0.494 e. The molecule has 1 heterocycles. The molecular weight excluding hydrogens is 334 g/mol. The van der Waals surface area contributed by atoms with Crippen LogP contribution in [0.1, 0.15) is 43.7 Å². The van der Waals surface area contributed by atoms with Crippen LogP contribution in [0.4, 0.5) is 8.78 Å². The van der Waals surface area contributed by atoms with E-state index in [-0.39, 0.29) is 29.8 Å². The van der Waals surface area contributed by atoms with Crippen LogP contribution >= 0.6 is 12.4 Å². The number of halogens is 3. The van der Waals surface area contributed by atoms with Gasteiger partial charge in [0.2, 0.25) is 0 Å². The van der Waals surface area contributed by atoms with Gasteiger partial charge in [-0.05, 0) is 30.9 Å². The van der Waals surface area contributed by atoms with E-state index in [4.69, 9.17) is 4.74 Å². The topological polar surface area (TPSA) is 24.5 Å². The van der Waals surface area contributed by atoms with E-state index in [0.717, 1.165) is 51.9 Å². The predicted octanol–water partition coefficient (Wildman–Crippen LogP) is 3.92. The predicted molar refractivity (Wildman–Crippen MR) is 93.9 cm³/mol. The summed E-state index contributed by atoms with van der Waals surface area (Å²) in [6.07, 6.45) is 5.63. The highest BCUT2D eigenvalue weighted by Gasteiger charge is 2.35. The summed E-state index contributed by atoms with van der Waals surface area (Å²) in [6, 6.07) is 2.53. The molecule has 136 valence electrons. The van der Waals surface area contributed by atoms with Crippen molar-refractivity contribution in [2.45, 2.75) is 38.1 Å². The van der Waals surface area contributed by atoms with Crippen LogP contribution in [0.15, 0.2) is 12.1 Å². The molecule has 1 aliphatic heterocycles. The van der Waals surface area contributed by atoms with Gasteiger partial charge in [-0.2, -0.15) is 0 Å². The Morgan fingerprint density at radius 2 is 1.79 bits per heavy atom. The third-order valence-electron chi connectivity index (χ3n) is 5.25. The summed E-state index contributed by atoms with van der Waals surface area (Å²) in [7, 11) is 1.43. The van der Waals surface area contributed by atoms with Crippen molar-refractivity contribution in [3.8, 4) is 5.75 Å². The number of nitrogens with zero attached hydrogens (tertiary/aromatic N) is 1. The molecule has 24 heavy (non-hydrogen) atoms. The summed E-state index contributed by atoms with van der Waals surface area (Å²) in [5.41, 5.74) is 0.207. The zero-order chi connectivity index (χ0) is 16.2. The number of rotatable bonds is 4. The number of piperazine rings is 1. The van der Waals surface area contributed by atoms with Crippen molar-refractivity contribution >= 4 is 12.4 Å². The van der Waals surface area contributed by atoms with Gasteiger partial charge in [-0.15, -0.1) is 12.4 Å². The van der Waals surface area contributed by atoms with Crippen LogP contribution in [-0.4, -0.2) is 38.2 Å². The number of benzene rings is 1. The van der Waals surface area contributed by atoms with Crippen molar-refractivity contribution in [2.24, 2.45) is 5.92 Å². The van der Waals surface area contributed by atoms with Crippen molar-refractivity contribution in [1.29, 1.82) is 0 Å². The Hall–Kier alpha value is -0.910. The molecule has 2 aliphatic rings. The van der Waals surface area contributed by atoms with Crippen LogP contribution < -0.4 is 10.1 Å². The Bertz CT molecular complexity index is 514. The van der Waals surface area contributed by atoms with Crippen molar-refractivity contribution < 1.29 is 13.5 Å². The van der Waals surface area contributed by atoms with Gasteiger partial charge >= 0.3 is 0 Å². The second-order valence-electron chi connectivity index (χ2n) is 6.61. The van der Waals surface area contributed by atoms with Crippen LogP contribution in [0.25, 0.3) is 0 Å². The third kappa shape index (κ3) is 4.01. The summed E-state index contributed by atoms with van der Waals surface area (Å²) in [5, 5.41) is 3.32. The zero-order valence-electron chi connectivity index (χ0n) is 14.2. The first-order valence-corrected chi connectivity index (χ1v) is 8.69. The molecule has 0 aromatic heterocycles. The van der Waals surface area contributed by atoms with Crippen molar-refractivity contribution in [1.82, 2.24) is 10.2 Å². The lowest BCUT2D eigenvalue weighted by Crippen LogP contribution is -2.47. The Labute approximate surface area is 149 Å². The van der Waals surface area contributed by atoms with Gasteiger partial charge in [-0.1, -0.05) is 19.3 Å². The van der Waals surface area contributed by atoms with Gasteiger partial charge < -0.3 is 10.1 Å². The Kier molecular flexibility index (Phi) is 7.26. The van der Waals surface area contributed by atoms with Crippen LogP contribution in [0.2, 0.25) is 0 Å². The maximum atomic E-state index is 14.9. The van der Waals surface area contributed by atoms with Crippen molar-refractivity contribution in [2.75, 3.05) is 33.3 Å². The highest BCUT2D eigenvalue weighted by Crippen LogP contribution is 2.41. The Morgan fingerprint density at radius 3 is 2.42 bits per heavy atom. The number of ether oxygens (including phenoxy) is 1. The lowest BCUT2D eigenvalue weighted by Gasteiger charge is -2.41. The molecule has 0 radical (unpaired) electrons. The van der Waals surface area contributed by atoms with E-state index in [1.54, 1.807) is 0 Å². The fourth-order valence-corrected chi connectivity index (χ4v) is 4.10. The molecule has 1 aromatic rings. The SMILES string of the molecule is COc1ccc(F)c([C@@H](C2CCCCC2)N2CCNCC2)c1F.Cl. The van der Waals surface area contributed by atoms with Gasteiger partial charge in [-0.3, -0.25) is 4.90 Å². The summed E-state index contributed by atoms with van der Waals surface area (Å²) < 4.78 is 34.6. The molecule has 0 unspecified atom stereocenters. The fraction of sp³-hybridized carbons (Fsp3) is 0.667. The minimum absolute atomic E-state index is 0. The maximum Gasteiger partial charge on any atom is 0.172 e. The quantitative estimate of drug-likeness (QED) is 0.880. The monoisotopic (exact) mass is 360 g/mol. The molecule has 3 nitrogen and oxygen atoms in total. The lowest BCUT2D eigenvalue weighted by molar-refractivity contribution is 0.0971. The van der Waals surface area contributed by atoms with Crippen LogP contribution in [-0.2, 0) is 0 Å². The standard InChI is InChI=1S/C18H26F2N2O.ClH/c1-23-15-8-7-14(19)16(17(15)20)18(13-5-3-2-4-6-13)22-11-9-21-10-12-22;/h7-8,13,18,21H,2-6,9-12H2,1H3;1H/t18-;/m1./s1. The van der Waals surface area contributed by atoms with E-state index in [2.05, 4.69) is 10.2 Å². The van der Waals surface area contributed by atoms with E-state index in [0.29, 0.717) is 5.92 Å². The highest BCUT2D eigenvalue weighted by atomic mass is 35.5. The first kappa shape index (κ1) is 19.4. The summed E-state index contributed by atoms with van der Waals surface area (Å²) in [5.74, 6) is -0.519. The molecule has 1 saturated heterocycles. The van der Waals surface area contributed by atoms with E-state index in [9.17, 15) is 8.78 Å². The van der Waals surface area contributed by atoms with Crippen LogP contribution in [0.3, 0.4) is 0 Å². The third-order valence-corrected chi connectivity index (χ3v) is 5.25. The molecule has 1 N–H and O–H groups in total. The first-order chi connectivity index (χ1) is 11.2. The molecule has 0 amide bonds. The van der Waals surface area contributed by atoms with Crippen molar-refractivity contribution in [3.05, 3.63) is 29.3 Å². The maximum absolute atomic E-state index is 14.9. The zero-order valence-corrected chi connectivity index (χ0v) is 15.0. The van der Waals surface area contributed by atoms with Gasteiger partial charge in [0.05, 0.1) is 7.11 Å². The van der Waals surface area contributed by atoms with Gasteiger partial charge in [0.1, 0.15) is 5.82 Å². The number of methoxy groups -OCH3 is 1. The molecule has 0 spiro atoms. The van der Waals surface area contributed by atoms with Gasteiger partial charge in [0.15, 0.2) is 11.6 Å². The molecule has 3 rings (SSSR count). The molecule has 6 heteroatoms. The first-order valence-electron chi connectivity index (χ1n) is 8.69. The Morgan fingerprint density at radius 1 is 1.12 bits per heavy atom. The molecular formula is C18H27ClF2N2O. The molecule has 2 fully saturated rings. The second kappa shape index (κ2) is 8.97. The summed E-state index contributed by atoms with van der Waals surface area (Å²) in [6.45, 7) is 3.40. The normalized spacial score (nSPS) is 21.1. The van der Waals surface area contributed by atoms with Crippen LogP contribution in [0, 0.1) is 17.6 Å². The molecule has 0 bridgehead atoms. The average Bonchev–Trinajstić information content (AvgIpc) is 2.60. The summed E-state index contributed by atoms with van der Waals surface area (Å²) >= 11 is 0. The van der Waals surface area contributed by atoms with E-state index in [1.807, 2.05) is 0 Å². The smallest absolute Gasteiger partial charge is 0.172 e. The fourth-order valence-electron chi connectivity index (χ4n) is 4.10. The summed E-state index contributed by atoms with van der Waals surface area (Å²) in [4.78, 5) is 2.26. The van der Waals surface area contributed by atoms with E-state index in [1.165, 1.54) is 25.7 Å². The molecule has 1 saturated carbocycles. The van der Waals surface area contributed by atoms with Crippen molar-refractivity contribution in [3.63, 3.8) is 0 Å². The highest BCUT2D eigenvalue weighted by molar-refractivity contribution is 5.85. The number of hydrogen-bond donors (Lipinski definition) is 1. The van der Waals surface area contributed by atoms with Gasteiger partial charge in [-0.25, -0.2) is 8.78 Å². The largest absolute Gasteiger partial charge is 0.494 e. The lowest BCUT2D eigenvalue weighted by atomic mass is 9.79. The van der Waals surface area contributed by atoms with E-state index >= 15 is 0 Å². The average molecular weight is 361 g/mol. The molecule has 1 aromatic carbocycles. The number of nitrogens with one attached hydrogen (secondary N) is 1. The van der Waals surface area contributed by atoms with Gasteiger partial charge in [0, 0.05) is 37.8 Å². The van der Waals surface area contributed by atoms with Crippen LogP contribution in [0.5, 0.6) is 5.75 Å².